The Morgan fingerprint density at radius 3 is 2.55 bits per heavy atom. The summed E-state index contributed by atoms with van der Waals surface area (Å²) in [6, 6.07) is 9.64. The molecule has 0 amide bonds. The summed E-state index contributed by atoms with van der Waals surface area (Å²) in [5.74, 6) is -0.272. The van der Waals surface area contributed by atoms with Crippen LogP contribution in [0.2, 0.25) is 0 Å². The van der Waals surface area contributed by atoms with Crippen molar-refractivity contribution in [1.29, 1.82) is 0 Å². The molecule has 0 bridgehead atoms. The number of rotatable bonds is 4. The molecule has 0 saturated heterocycles. The SMILES string of the molecule is Cc1cc(=O)n(CC(=O)c2ccccc2)cc1[N+](=O)[O-]. The van der Waals surface area contributed by atoms with Crippen molar-refractivity contribution in [2.45, 2.75) is 13.5 Å². The summed E-state index contributed by atoms with van der Waals surface area (Å²) in [6.07, 6.45) is 1.11. The van der Waals surface area contributed by atoms with Gasteiger partial charge in [0.2, 0.25) is 0 Å². The average molecular weight is 272 g/mol. The number of carbonyl (C=O) groups excluding carboxylic acids is 1. The number of nitro groups is 1. The number of hydrogen-bond acceptors (Lipinski definition) is 4. The maximum absolute atomic E-state index is 12.0. The second-order valence-corrected chi connectivity index (χ2v) is 4.35. The average Bonchev–Trinajstić information content (AvgIpc) is 2.42. The van der Waals surface area contributed by atoms with E-state index in [4.69, 9.17) is 0 Å². The van der Waals surface area contributed by atoms with E-state index in [2.05, 4.69) is 0 Å². The van der Waals surface area contributed by atoms with Crippen LogP contribution in [-0.4, -0.2) is 15.3 Å². The van der Waals surface area contributed by atoms with E-state index < -0.39 is 10.5 Å². The lowest BCUT2D eigenvalue weighted by Crippen LogP contribution is -2.24. The molecule has 0 aliphatic carbocycles. The second-order valence-electron chi connectivity index (χ2n) is 4.35. The highest BCUT2D eigenvalue weighted by Crippen LogP contribution is 2.14. The standard InChI is InChI=1S/C14H12N2O4/c1-10-7-14(18)15(8-12(10)16(19)20)9-13(17)11-5-3-2-4-6-11/h2-8H,9H2,1H3. The van der Waals surface area contributed by atoms with E-state index in [0.717, 1.165) is 16.8 Å². The lowest BCUT2D eigenvalue weighted by atomic mass is 10.1. The van der Waals surface area contributed by atoms with Crippen LogP contribution in [0.15, 0.2) is 47.4 Å². The molecule has 1 aromatic carbocycles. The molecular weight excluding hydrogens is 260 g/mol. The van der Waals surface area contributed by atoms with Crippen LogP contribution in [0.5, 0.6) is 0 Å². The molecule has 0 atom stereocenters. The molecule has 20 heavy (non-hydrogen) atoms. The van der Waals surface area contributed by atoms with Gasteiger partial charge in [0.15, 0.2) is 5.78 Å². The number of aryl methyl sites for hydroxylation is 1. The van der Waals surface area contributed by atoms with Gasteiger partial charge in [-0.15, -0.1) is 0 Å². The first-order valence-electron chi connectivity index (χ1n) is 5.93. The fourth-order valence-electron chi connectivity index (χ4n) is 1.84. The van der Waals surface area contributed by atoms with E-state index in [1.165, 1.54) is 6.92 Å². The van der Waals surface area contributed by atoms with Gasteiger partial charge in [-0.1, -0.05) is 30.3 Å². The Kier molecular flexibility index (Phi) is 3.74. The number of hydrogen-bond donors (Lipinski definition) is 0. The monoisotopic (exact) mass is 272 g/mol. The molecule has 0 aliphatic rings. The summed E-state index contributed by atoms with van der Waals surface area (Å²) < 4.78 is 1.06. The van der Waals surface area contributed by atoms with E-state index in [1.807, 2.05) is 0 Å². The third-order valence-electron chi connectivity index (χ3n) is 2.91. The first kappa shape index (κ1) is 13.7. The van der Waals surface area contributed by atoms with Gasteiger partial charge in [-0.05, 0) is 6.92 Å². The van der Waals surface area contributed by atoms with Crippen LogP contribution in [0, 0.1) is 17.0 Å². The van der Waals surface area contributed by atoms with Crippen LogP contribution in [-0.2, 0) is 6.54 Å². The Balaban J connectivity index is 2.35. The van der Waals surface area contributed by atoms with E-state index >= 15 is 0 Å². The molecule has 1 aromatic heterocycles. The third-order valence-corrected chi connectivity index (χ3v) is 2.91. The fraction of sp³-hybridized carbons (Fsp3) is 0.143. The minimum atomic E-state index is -0.571. The van der Waals surface area contributed by atoms with E-state index in [1.54, 1.807) is 30.3 Å². The Labute approximate surface area is 114 Å². The normalized spacial score (nSPS) is 10.2. The van der Waals surface area contributed by atoms with Gasteiger partial charge in [0.25, 0.3) is 11.2 Å². The topological polar surface area (TPSA) is 82.2 Å². The van der Waals surface area contributed by atoms with Gasteiger partial charge in [-0.3, -0.25) is 19.7 Å². The van der Waals surface area contributed by atoms with Crippen LogP contribution >= 0.6 is 0 Å². The van der Waals surface area contributed by atoms with E-state index in [9.17, 15) is 19.7 Å². The maximum Gasteiger partial charge on any atom is 0.288 e. The molecule has 0 saturated carbocycles. The zero-order chi connectivity index (χ0) is 14.7. The summed E-state index contributed by atoms with van der Waals surface area (Å²) in [4.78, 5) is 34.0. The van der Waals surface area contributed by atoms with Crippen molar-refractivity contribution in [3.8, 4) is 0 Å². The Morgan fingerprint density at radius 1 is 1.30 bits per heavy atom. The molecule has 0 aliphatic heterocycles. The van der Waals surface area contributed by atoms with Gasteiger partial charge in [-0.25, -0.2) is 0 Å². The smallest absolute Gasteiger partial charge is 0.288 e. The van der Waals surface area contributed by atoms with E-state index in [0.29, 0.717) is 5.56 Å². The quantitative estimate of drug-likeness (QED) is 0.484. The van der Waals surface area contributed by atoms with Crippen LogP contribution in [0.3, 0.4) is 0 Å². The van der Waals surface area contributed by atoms with Gasteiger partial charge >= 0.3 is 0 Å². The molecule has 6 nitrogen and oxygen atoms in total. The lowest BCUT2D eigenvalue weighted by molar-refractivity contribution is -0.385. The maximum atomic E-state index is 12.0. The van der Waals surface area contributed by atoms with Crippen LogP contribution < -0.4 is 5.56 Å². The minimum Gasteiger partial charge on any atom is -0.301 e. The predicted octanol–water partition coefficient (Wildman–Crippen LogP) is 1.95. The summed E-state index contributed by atoms with van der Waals surface area (Å²) >= 11 is 0. The number of Topliss-reactive ketones (excluding diaryl/α,β-unsaturated/α-hetero) is 1. The molecule has 1 heterocycles. The zero-order valence-electron chi connectivity index (χ0n) is 10.8. The minimum absolute atomic E-state index is 0.175. The molecule has 0 spiro atoms. The Bertz CT molecular complexity index is 720. The first-order chi connectivity index (χ1) is 9.49. The number of carbonyl (C=O) groups is 1. The fourth-order valence-corrected chi connectivity index (χ4v) is 1.84. The number of pyridine rings is 1. The van der Waals surface area contributed by atoms with Crippen molar-refractivity contribution in [2.75, 3.05) is 0 Å². The van der Waals surface area contributed by atoms with Crippen LogP contribution in [0.1, 0.15) is 15.9 Å². The summed E-state index contributed by atoms with van der Waals surface area (Å²) in [5, 5.41) is 10.8. The molecular formula is C14H12N2O4. The summed E-state index contributed by atoms with van der Waals surface area (Å²) in [5.41, 5.74) is 0.133. The molecule has 2 aromatic rings. The summed E-state index contributed by atoms with van der Waals surface area (Å²) in [7, 11) is 0. The zero-order valence-corrected chi connectivity index (χ0v) is 10.8. The van der Waals surface area contributed by atoms with Crippen molar-refractivity contribution in [2.24, 2.45) is 0 Å². The third kappa shape index (κ3) is 2.80. The highest BCUT2D eigenvalue weighted by atomic mass is 16.6. The van der Waals surface area contributed by atoms with Crippen molar-refractivity contribution in [3.63, 3.8) is 0 Å². The van der Waals surface area contributed by atoms with Crippen molar-refractivity contribution in [1.82, 2.24) is 4.57 Å². The van der Waals surface area contributed by atoms with Gasteiger partial charge in [0, 0.05) is 17.2 Å². The van der Waals surface area contributed by atoms with E-state index in [-0.39, 0.29) is 23.6 Å². The second kappa shape index (κ2) is 5.48. The highest BCUT2D eigenvalue weighted by Gasteiger charge is 2.15. The van der Waals surface area contributed by atoms with Crippen LogP contribution in [0.25, 0.3) is 0 Å². The van der Waals surface area contributed by atoms with Gasteiger partial charge < -0.3 is 4.57 Å². The van der Waals surface area contributed by atoms with Crippen molar-refractivity contribution < 1.29 is 9.72 Å². The lowest BCUT2D eigenvalue weighted by Gasteiger charge is -2.06. The molecule has 0 fully saturated rings. The Morgan fingerprint density at radius 2 is 1.95 bits per heavy atom. The van der Waals surface area contributed by atoms with Gasteiger partial charge in [0.05, 0.1) is 17.7 Å². The largest absolute Gasteiger partial charge is 0.301 e. The molecule has 6 heteroatoms. The predicted molar refractivity (Wildman–Crippen MR) is 72.9 cm³/mol. The van der Waals surface area contributed by atoms with Crippen molar-refractivity contribution >= 4 is 11.5 Å². The number of ketones is 1. The summed E-state index contributed by atoms with van der Waals surface area (Å²) in [6.45, 7) is 1.27. The Hall–Kier alpha value is -2.76. The van der Waals surface area contributed by atoms with Gasteiger partial charge in [-0.2, -0.15) is 0 Å². The molecule has 0 radical (unpaired) electrons. The number of aromatic nitrogens is 1. The van der Waals surface area contributed by atoms with Gasteiger partial charge in [0.1, 0.15) is 0 Å². The highest BCUT2D eigenvalue weighted by molar-refractivity contribution is 5.95. The number of nitrogens with zero attached hydrogens (tertiary/aromatic N) is 2. The molecule has 0 unspecified atom stereocenters. The molecule has 0 N–H and O–H groups in total. The van der Waals surface area contributed by atoms with Crippen molar-refractivity contribution in [3.05, 3.63) is 74.2 Å². The van der Waals surface area contributed by atoms with Crippen LogP contribution in [0.4, 0.5) is 5.69 Å². The first-order valence-corrected chi connectivity index (χ1v) is 5.93. The molecule has 2 rings (SSSR count). The number of benzene rings is 1. The molecule has 102 valence electrons.